The van der Waals surface area contributed by atoms with Gasteiger partial charge in [-0.2, -0.15) is 0 Å². The lowest BCUT2D eigenvalue weighted by molar-refractivity contribution is -0.139. The van der Waals surface area contributed by atoms with E-state index in [9.17, 15) is 9.59 Å². The first-order valence-corrected chi connectivity index (χ1v) is 12.8. The zero-order valence-electron chi connectivity index (χ0n) is 20.4. The molecule has 4 unspecified atom stereocenters. The highest BCUT2D eigenvalue weighted by molar-refractivity contribution is 5.90. The van der Waals surface area contributed by atoms with Crippen molar-refractivity contribution in [3.63, 3.8) is 0 Å². The number of rotatable bonds is 9. The van der Waals surface area contributed by atoms with Crippen LogP contribution < -0.4 is 16.0 Å². The summed E-state index contributed by atoms with van der Waals surface area (Å²) in [6.45, 7) is 3.24. The Morgan fingerprint density at radius 1 is 1.12 bits per heavy atom. The molecule has 2 amide bonds. The summed E-state index contributed by atoms with van der Waals surface area (Å²) in [6.07, 6.45) is 9.03. The average Bonchev–Trinajstić information content (AvgIpc) is 3.55. The van der Waals surface area contributed by atoms with Crippen LogP contribution in [0.1, 0.15) is 63.5 Å². The number of nitrogens with zero attached hydrogens (tertiary/aromatic N) is 2. The van der Waals surface area contributed by atoms with Gasteiger partial charge in [-0.05, 0) is 51.1 Å². The summed E-state index contributed by atoms with van der Waals surface area (Å²) >= 11 is 0. The third kappa shape index (κ3) is 5.78. The maximum atomic E-state index is 13.8. The van der Waals surface area contributed by atoms with Crippen LogP contribution in [0.3, 0.4) is 0 Å². The molecule has 8 heteroatoms. The van der Waals surface area contributed by atoms with Crippen molar-refractivity contribution < 1.29 is 14.4 Å². The monoisotopic (exact) mass is 469 g/mol. The van der Waals surface area contributed by atoms with E-state index < -0.39 is 6.04 Å². The fourth-order valence-electron chi connectivity index (χ4n) is 5.43. The third-order valence-electron chi connectivity index (χ3n) is 7.61. The SMILES string of the molecule is CN[C@@H](C)C(=O)NC(C(=O)N1CCCC1CNC1C=NOC1c1ccccc1)C1CCCCC1. The molecule has 1 saturated carbocycles. The molecule has 8 nitrogen and oxygen atoms in total. The highest BCUT2D eigenvalue weighted by atomic mass is 16.6. The van der Waals surface area contributed by atoms with Crippen molar-refractivity contribution in [2.24, 2.45) is 11.1 Å². The van der Waals surface area contributed by atoms with Crippen molar-refractivity contribution in [2.45, 2.75) is 82.1 Å². The molecule has 5 atom stereocenters. The van der Waals surface area contributed by atoms with Crippen LogP contribution in [0.15, 0.2) is 35.5 Å². The maximum absolute atomic E-state index is 13.8. The molecular weight excluding hydrogens is 430 g/mol. The summed E-state index contributed by atoms with van der Waals surface area (Å²) in [5.74, 6) is 0.176. The van der Waals surface area contributed by atoms with Crippen LogP contribution in [-0.4, -0.2) is 67.2 Å². The van der Waals surface area contributed by atoms with Crippen LogP contribution in [0, 0.1) is 5.92 Å². The minimum absolute atomic E-state index is 0.0368. The number of benzene rings is 1. The van der Waals surface area contributed by atoms with Gasteiger partial charge < -0.3 is 25.7 Å². The number of hydrogen-bond donors (Lipinski definition) is 3. The summed E-state index contributed by atoms with van der Waals surface area (Å²) in [5.41, 5.74) is 1.08. The molecule has 3 N–H and O–H groups in total. The maximum Gasteiger partial charge on any atom is 0.245 e. The largest absolute Gasteiger partial charge is 0.386 e. The van der Waals surface area contributed by atoms with Crippen molar-refractivity contribution in [3.05, 3.63) is 35.9 Å². The Balaban J connectivity index is 1.41. The summed E-state index contributed by atoms with van der Waals surface area (Å²) < 4.78 is 0. The first kappa shape index (κ1) is 24.7. The second kappa shape index (κ2) is 11.8. The van der Waals surface area contributed by atoms with Crippen molar-refractivity contribution >= 4 is 18.0 Å². The van der Waals surface area contributed by atoms with Gasteiger partial charge in [-0.3, -0.25) is 9.59 Å². The quantitative estimate of drug-likeness (QED) is 0.516. The number of carbonyl (C=O) groups excluding carboxylic acids is 2. The van der Waals surface area contributed by atoms with Crippen molar-refractivity contribution in [3.8, 4) is 0 Å². The number of oxime groups is 1. The smallest absolute Gasteiger partial charge is 0.245 e. The van der Waals surface area contributed by atoms with Gasteiger partial charge in [0.1, 0.15) is 6.04 Å². The second-order valence-corrected chi connectivity index (χ2v) is 9.85. The molecule has 0 radical (unpaired) electrons. The van der Waals surface area contributed by atoms with Gasteiger partial charge in [0.05, 0.1) is 18.3 Å². The molecule has 1 aromatic carbocycles. The molecule has 4 rings (SSSR count). The Morgan fingerprint density at radius 3 is 2.62 bits per heavy atom. The van der Waals surface area contributed by atoms with Gasteiger partial charge in [0.15, 0.2) is 6.10 Å². The predicted octanol–water partition coefficient (Wildman–Crippen LogP) is 2.37. The Kier molecular flexibility index (Phi) is 8.56. The van der Waals surface area contributed by atoms with E-state index in [1.54, 1.807) is 7.05 Å². The Hall–Kier alpha value is -2.45. The van der Waals surface area contributed by atoms with Crippen molar-refractivity contribution in [1.82, 2.24) is 20.9 Å². The minimum Gasteiger partial charge on any atom is -0.386 e. The van der Waals surface area contributed by atoms with Gasteiger partial charge in [-0.1, -0.05) is 54.8 Å². The molecular formula is C26H39N5O3. The number of likely N-dealkylation sites (tertiary alicyclic amines) is 1. The van der Waals surface area contributed by atoms with E-state index in [1.807, 2.05) is 48.4 Å². The molecule has 2 aliphatic heterocycles. The Labute approximate surface area is 202 Å². The molecule has 0 bridgehead atoms. The molecule has 34 heavy (non-hydrogen) atoms. The van der Waals surface area contributed by atoms with Crippen LogP contribution in [0.2, 0.25) is 0 Å². The van der Waals surface area contributed by atoms with Crippen LogP contribution >= 0.6 is 0 Å². The molecule has 1 aromatic rings. The van der Waals surface area contributed by atoms with E-state index in [-0.39, 0.29) is 42.0 Å². The predicted molar refractivity (Wildman–Crippen MR) is 132 cm³/mol. The molecule has 2 fully saturated rings. The van der Waals surface area contributed by atoms with Crippen molar-refractivity contribution in [2.75, 3.05) is 20.1 Å². The first-order chi connectivity index (χ1) is 16.6. The lowest BCUT2D eigenvalue weighted by Gasteiger charge is -2.35. The molecule has 2 heterocycles. The lowest BCUT2D eigenvalue weighted by atomic mass is 9.83. The van der Waals surface area contributed by atoms with E-state index in [4.69, 9.17) is 4.84 Å². The van der Waals surface area contributed by atoms with E-state index in [0.717, 1.165) is 50.6 Å². The summed E-state index contributed by atoms with van der Waals surface area (Å²) in [6, 6.07) is 9.37. The summed E-state index contributed by atoms with van der Waals surface area (Å²) in [5, 5.41) is 13.7. The molecule has 1 aliphatic carbocycles. The van der Waals surface area contributed by atoms with Crippen LogP contribution in [-0.2, 0) is 14.4 Å². The topological polar surface area (TPSA) is 95.1 Å². The van der Waals surface area contributed by atoms with E-state index in [2.05, 4.69) is 21.1 Å². The fourth-order valence-corrected chi connectivity index (χ4v) is 5.43. The highest BCUT2D eigenvalue weighted by Gasteiger charge is 2.39. The summed E-state index contributed by atoms with van der Waals surface area (Å²) in [4.78, 5) is 34.1. The van der Waals surface area contributed by atoms with Crippen LogP contribution in [0.4, 0.5) is 0 Å². The number of likely N-dealkylation sites (N-methyl/N-ethyl adjacent to an activating group) is 1. The third-order valence-corrected chi connectivity index (χ3v) is 7.61. The zero-order valence-corrected chi connectivity index (χ0v) is 20.4. The number of hydrogen-bond acceptors (Lipinski definition) is 6. The summed E-state index contributed by atoms with van der Waals surface area (Å²) in [7, 11) is 1.77. The number of carbonyl (C=O) groups is 2. The lowest BCUT2D eigenvalue weighted by Crippen LogP contribution is -2.57. The van der Waals surface area contributed by atoms with Crippen LogP contribution in [0.25, 0.3) is 0 Å². The zero-order chi connectivity index (χ0) is 23.9. The molecule has 0 aromatic heterocycles. The standard InChI is InChI=1S/C26H39N5O3/c1-18(27-2)25(32)30-23(19-10-5-3-6-11-19)26(33)31-15-9-14-21(31)16-28-22-17-29-34-24(22)20-12-7-4-8-13-20/h4,7-8,12-13,17-19,21-24,27-28H,3,5-6,9-11,14-16H2,1-2H3,(H,30,32)/t18-,21?,22?,23?,24?/m0/s1. The normalized spacial score (nSPS) is 26.8. The van der Waals surface area contributed by atoms with Gasteiger partial charge in [-0.15, -0.1) is 0 Å². The van der Waals surface area contributed by atoms with E-state index in [0.29, 0.717) is 6.54 Å². The number of amides is 2. The first-order valence-electron chi connectivity index (χ1n) is 12.8. The van der Waals surface area contributed by atoms with Crippen molar-refractivity contribution in [1.29, 1.82) is 0 Å². The molecule has 186 valence electrons. The Morgan fingerprint density at radius 2 is 1.88 bits per heavy atom. The molecule has 3 aliphatic rings. The number of nitrogens with one attached hydrogen (secondary N) is 3. The van der Waals surface area contributed by atoms with E-state index >= 15 is 0 Å². The Bertz CT molecular complexity index is 842. The van der Waals surface area contributed by atoms with Gasteiger partial charge in [0, 0.05) is 19.1 Å². The molecule has 0 spiro atoms. The fraction of sp³-hybridized carbons (Fsp3) is 0.654. The molecule has 1 saturated heterocycles. The minimum atomic E-state index is -0.447. The van der Waals surface area contributed by atoms with Gasteiger partial charge in [0.2, 0.25) is 11.8 Å². The van der Waals surface area contributed by atoms with Gasteiger partial charge in [-0.25, -0.2) is 0 Å². The highest BCUT2D eigenvalue weighted by Crippen LogP contribution is 2.30. The average molecular weight is 470 g/mol. The van der Waals surface area contributed by atoms with Gasteiger partial charge >= 0.3 is 0 Å². The van der Waals surface area contributed by atoms with E-state index in [1.165, 1.54) is 6.42 Å². The van der Waals surface area contributed by atoms with Gasteiger partial charge in [0.25, 0.3) is 0 Å². The van der Waals surface area contributed by atoms with Crippen LogP contribution in [0.5, 0.6) is 0 Å². The second-order valence-electron chi connectivity index (χ2n) is 9.85.